The Bertz CT molecular complexity index is 321. The van der Waals surface area contributed by atoms with Gasteiger partial charge in [0.25, 0.3) is 0 Å². The molecule has 0 saturated carbocycles. The van der Waals surface area contributed by atoms with Crippen molar-refractivity contribution in [3.63, 3.8) is 0 Å². The summed E-state index contributed by atoms with van der Waals surface area (Å²) in [5.41, 5.74) is 0. The summed E-state index contributed by atoms with van der Waals surface area (Å²) in [6.07, 6.45) is 9.93. The van der Waals surface area contributed by atoms with Crippen LogP contribution in [0, 0.1) is 0 Å². The van der Waals surface area contributed by atoms with E-state index in [0.29, 0.717) is 6.54 Å². The number of carboxylic acid groups (broad SMARTS) is 1. The highest BCUT2D eigenvalue weighted by atomic mass is 16.4. The average molecular weight is 298 g/mol. The molecule has 1 amide bonds. The summed E-state index contributed by atoms with van der Waals surface area (Å²) in [6, 6.07) is -0.485. The first kappa shape index (κ1) is 18.0. The van der Waals surface area contributed by atoms with Crippen molar-refractivity contribution in [3.8, 4) is 0 Å². The van der Waals surface area contributed by atoms with Gasteiger partial charge in [0.05, 0.1) is 12.5 Å². The number of hydrogen-bond donors (Lipinski definition) is 2. The van der Waals surface area contributed by atoms with E-state index < -0.39 is 12.0 Å². The van der Waals surface area contributed by atoms with Gasteiger partial charge in [-0.25, -0.2) is 0 Å². The molecule has 1 saturated heterocycles. The van der Waals surface area contributed by atoms with E-state index in [-0.39, 0.29) is 12.3 Å². The smallest absolute Gasteiger partial charge is 0.305 e. The molecule has 5 nitrogen and oxygen atoms in total. The highest BCUT2D eigenvalue weighted by molar-refractivity contribution is 5.86. The Hall–Kier alpha value is -1.10. The predicted molar refractivity (Wildman–Crippen MR) is 83.2 cm³/mol. The third-order valence-corrected chi connectivity index (χ3v) is 4.11. The molecule has 2 N–H and O–H groups in total. The van der Waals surface area contributed by atoms with Crippen molar-refractivity contribution >= 4 is 11.9 Å². The maximum absolute atomic E-state index is 11.8. The number of piperazine rings is 1. The molecule has 122 valence electrons. The van der Waals surface area contributed by atoms with Gasteiger partial charge >= 0.3 is 5.97 Å². The maximum Gasteiger partial charge on any atom is 0.305 e. The molecule has 1 rings (SSSR count). The van der Waals surface area contributed by atoms with Crippen LogP contribution in [0.1, 0.15) is 64.7 Å². The van der Waals surface area contributed by atoms with Gasteiger partial charge in [0, 0.05) is 13.1 Å². The molecule has 5 heteroatoms. The second-order valence-electron chi connectivity index (χ2n) is 5.92. The molecule has 1 aliphatic rings. The molecule has 0 aliphatic carbocycles. The van der Waals surface area contributed by atoms with Gasteiger partial charge < -0.3 is 10.4 Å². The molecular weight excluding hydrogens is 268 g/mol. The Morgan fingerprint density at radius 3 is 2.43 bits per heavy atom. The summed E-state index contributed by atoms with van der Waals surface area (Å²) in [6.45, 7) is 4.45. The molecular formula is C16H30N2O3. The second-order valence-corrected chi connectivity index (χ2v) is 5.92. The zero-order chi connectivity index (χ0) is 15.5. The molecule has 1 heterocycles. The van der Waals surface area contributed by atoms with Gasteiger partial charge in [0.1, 0.15) is 0 Å². The highest BCUT2D eigenvalue weighted by Crippen LogP contribution is 2.13. The van der Waals surface area contributed by atoms with E-state index >= 15 is 0 Å². The molecule has 0 radical (unpaired) electrons. The van der Waals surface area contributed by atoms with Gasteiger partial charge in [-0.1, -0.05) is 51.9 Å². The third kappa shape index (κ3) is 7.46. The minimum Gasteiger partial charge on any atom is -0.481 e. The molecule has 0 aromatic carbocycles. The van der Waals surface area contributed by atoms with E-state index in [1.54, 1.807) is 0 Å². The minimum atomic E-state index is -0.905. The molecule has 0 aromatic rings. The fourth-order valence-corrected chi connectivity index (χ4v) is 2.87. The Balaban J connectivity index is 2.16. The quantitative estimate of drug-likeness (QED) is 0.575. The topological polar surface area (TPSA) is 69.6 Å². The number of rotatable bonds is 11. The van der Waals surface area contributed by atoms with Crippen LogP contribution in [0.15, 0.2) is 0 Å². The zero-order valence-electron chi connectivity index (χ0n) is 13.3. The normalized spacial score (nSPS) is 19.5. The molecule has 0 spiro atoms. The number of carbonyl (C=O) groups is 2. The standard InChI is InChI=1S/C16H30N2O3/c1-2-3-4-5-6-7-8-9-11-18-12-10-17-16(21)14(18)13-15(19)20/h14H,2-13H2,1H3,(H,17,21)(H,19,20). The van der Waals surface area contributed by atoms with Crippen LogP contribution in [0.4, 0.5) is 0 Å². The SMILES string of the molecule is CCCCCCCCCCN1CCNC(=O)C1CC(=O)O. The highest BCUT2D eigenvalue weighted by Gasteiger charge is 2.30. The first-order valence-corrected chi connectivity index (χ1v) is 8.38. The van der Waals surface area contributed by atoms with Crippen molar-refractivity contribution in [1.82, 2.24) is 10.2 Å². The van der Waals surface area contributed by atoms with Crippen LogP contribution >= 0.6 is 0 Å². The lowest BCUT2D eigenvalue weighted by atomic mass is 10.1. The summed E-state index contributed by atoms with van der Waals surface area (Å²) < 4.78 is 0. The van der Waals surface area contributed by atoms with Crippen LogP contribution in [0.25, 0.3) is 0 Å². The van der Waals surface area contributed by atoms with Crippen LogP contribution < -0.4 is 5.32 Å². The van der Waals surface area contributed by atoms with Crippen molar-refractivity contribution in [3.05, 3.63) is 0 Å². The Labute approximate surface area is 128 Å². The lowest BCUT2D eigenvalue weighted by molar-refractivity contribution is -0.143. The molecule has 1 fully saturated rings. The van der Waals surface area contributed by atoms with E-state index in [2.05, 4.69) is 12.2 Å². The second kappa shape index (κ2) is 10.6. The Morgan fingerprint density at radius 1 is 1.19 bits per heavy atom. The van der Waals surface area contributed by atoms with E-state index in [4.69, 9.17) is 5.11 Å². The third-order valence-electron chi connectivity index (χ3n) is 4.11. The van der Waals surface area contributed by atoms with Crippen molar-refractivity contribution < 1.29 is 14.7 Å². The number of nitrogens with zero attached hydrogens (tertiary/aromatic N) is 1. The Morgan fingerprint density at radius 2 is 1.81 bits per heavy atom. The van der Waals surface area contributed by atoms with Crippen molar-refractivity contribution in [2.24, 2.45) is 0 Å². The lowest BCUT2D eigenvalue weighted by Gasteiger charge is -2.34. The van der Waals surface area contributed by atoms with E-state index in [1.807, 2.05) is 4.90 Å². The molecule has 1 unspecified atom stereocenters. The molecule has 1 atom stereocenters. The summed E-state index contributed by atoms with van der Waals surface area (Å²) in [7, 11) is 0. The average Bonchev–Trinajstić information content (AvgIpc) is 2.44. The van der Waals surface area contributed by atoms with Gasteiger partial charge in [-0.05, 0) is 13.0 Å². The van der Waals surface area contributed by atoms with E-state index in [9.17, 15) is 9.59 Å². The summed E-state index contributed by atoms with van der Waals surface area (Å²) in [5, 5.41) is 11.7. The fourth-order valence-electron chi connectivity index (χ4n) is 2.87. The lowest BCUT2D eigenvalue weighted by Crippen LogP contribution is -2.56. The van der Waals surface area contributed by atoms with Gasteiger partial charge in [0.2, 0.25) is 5.91 Å². The van der Waals surface area contributed by atoms with E-state index in [0.717, 1.165) is 19.5 Å². The molecule has 0 aromatic heterocycles. The largest absolute Gasteiger partial charge is 0.481 e. The number of amides is 1. The van der Waals surface area contributed by atoms with Gasteiger partial charge in [-0.2, -0.15) is 0 Å². The number of unbranched alkanes of at least 4 members (excludes halogenated alkanes) is 7. The number of carbonyl (C=O) groups excluding carboxylic acids is 1. The van der Waals surface area contributed by atoms with Gasteiger partial charge in [0.15, 0.2) is 0 Å². The monoisotopic (exact) mass is 298 g/mol. The van der Waals surface area contributed by atoms with Crippen LogP contribution in [0.5, 0.6) is 0 Å². The van der Waals surface area contributed by atoms with Gasteiger partial charge in [-0.15, -0.1) is 0 Å². The maximum atomic E-state index is 11.8. The summed E-state index contributed by atoms with van der Waals surface area (Å²) >= 11 is 0. The van der Waals surface area contributed by atoms with Crippen molar-refractivity contribution in [2.75, 3.05) is 19.6 Å². The summed E-state index contributed by atoms with van der Waals surface area (Å²) in [4.78, 5) is 24.6. The first-order valence-electron chi connectivity index (χ1n) is 8.38. The van der Waals surface area contributed by atoms with Crippen LogP contribution in [-0.4, -0.2) is 47.6 Å². The van der Waals surface area contributed by atoms with Crippen LogP contribution in [0.3, 0.4) is 0 Å². The number of carboxylic acids is 1. The summed E-state index contributed by atoms with van der Waals surface area (Å²) in [5.74, 6) is -1.04. The number of hydrogen-bond acceptors (Lipinski definition) is 3. The molecule has 1 aliphatic heterocycles. The van der Waals surface area contributed by atoms with Crippen molar-refractivity contribution in [2.45, 2.75) is 70.8 Å². The number of nitrogens with one attached hydrogen (secondary N) is 1. The van der Waals surface area contributed by atoms with Crippen LogP contribution in [-0.2, 0) is 9.59 Å². The molecule has 0 bridgehead atoms. The van der Waals surface area contributed by atoms with E-state index in [1.165, 1.54) is 44.9 Å². The first-order chi connectivity index (χ1) is 10.1. The zero-order valence-corrected chi connectivity index (χ0v) is 13.3. The van der Waals surface area contributed by atoms with Crippen LogP contribution in [0.2, 0.25) is 0 Å². The van der Waals surface area contributed by atoms with Gasteiger partial charge in [-0.3, -0.25) is 14.5 Å². The van der Waals surface area contributed by atoms with Crippen molar-refractivity contribution in [1.29, 1.82) is 0 Å². The minimum absolute atomic E-state index is 0.0944. The number of aliphatic carboxylic acids is 1. The Kier molecular flexibility index (Phi) is 9.06. The molecule has 21 heavy (non-hydrogen) atoms. The fraction of sp³-hybridized carbons (Fsp3) is 0.875. The predicted octanol–water partition coefficient (Wildman–Crippen LogP) is 2.40.